The molecule has 0 aliphatic rings. The number of phenolic OH excluding ortho intramolecular Hbond substituents is 1. The summed E-state index contributed by atoms with van der Waals surface area (Å²) in [7, 11) is 0. The number of carboxylic acids is 3. The summed E-state index contributed by atoms with van der Waals surface area (Å²) in [5, 5.41) is 68.9. The lowest BCUT2D eigenvalue weighted by Gasteiger charge is -2.26. The van der Waals surface area contributed by atoms with Gasteiger partial charge in [-0.2, -0.15) is 11.8 Å². The smallest absolute Gasteiger partial charge is 0.326 e. The monoisotopic (exact) mass is 1170 g/mol. The van der Waals surface area contributed by atoms with E-state index >= 15 is 0 Å². The third-order valence-electron chi connectivity index (χ3n) is 11.5. The Morgan fingerprint density at radius 2 is 1.01 bits per heavy atom. The molecular formula is C49H70N14O18S. The van der Waals surface area contributed by atoms with Gasteiger partial charge < -0.3 is 96.3 Å². The predicted molar refractivity (Wildman–Crippen MR) is 290 cm³/mol. The van der Waals surface area contributed by atoms with E-state index in [-0.39, 0.29) is 56.1 Å². The third-order valence-corrected chi connectivity index (χ3v) is 12.1. The molecule has 32 nitrogen and oxygen atoms in total. The van der Waals surface area contributed by atoms with E-state index in [0.29, 0.717) is 11.1 Å². The number of nitrogens with two attached hydrogens (primary N) is 4. The molecule has 10 amide bonds. The highest BCUT2D eigenvalue weighted by Crippen LogP contribution is 2.13. The van der Waals surface area contributed by atoms with Crippen LogP contribution in [0.2, 0.25) is 0 Å². The van der Waals surface area contributed by atoms with E-state index in [2.05, 4.69) is 52.8 Å². The minimum atomic E-state index is -1.86. The molecule has 82 heavy (non-hydrogen) atoms. The molecule has 0 radical (unpaired) electrons. The van der Waals surface area contributed by atoms with Crippen molar-refractivity contribution >= 4 is 94.7 Å². The summed E-state index contributed by atoms with van der Waals surface area (Å²) in [6, 6.07) is 0.694. The largest absolute Gasteiger partial charge is 0.508 e. The molecule has 0 spiro atoms. The maximum absolute atomic E-state index is 13.7. The van der Waals surface area contributed by atoms with Crippen LogP contribution in [0.1, 0.15) is 56.6 Å². The van der Waals surface area contributed by atoms with Gasteiger partial charge in [-0.1, -0.05) is 42.5 Å². The molecule has 0 saturated carbocycles. The minimum absolute atomic E-state index is 0.00323. The maximum Gasteiger partial charge on any atom is 0.326 e. The Kier molecular flexibility index (Phi) is 29.9. The summed E-state index contributed by atoms with van der Waals surface area (Å²) < 4.78 is 0. The second kappa shape index (κ2) is 35.5. The first-order valence-electron chi connectivity index (χ1n) is 25.0. The van der Waals surface area contributed by atoms with Gasteiger partial charge in [0.1, 0.15) is 48.0 Å². The molecule has 2 aromatic carbocycles. The first-order chi connectivity index (χ1) is 38.6. The number of aromatic hydroxyl groups is 1. The first-order valence-corrected chi connectivity index (χ1v) is 26.4. The van der Waals surface area contributed by atoms with Crippen molar-refractivity contribution in [3.05, 3.63) is 65.7 Å². The number of aliphatic imine (C=N–C) groups is 1. The molecule has 0 aliphatic heterocycles. The summed E-state index contributed by atoms with van der Waals surface area (Å²) in [6.07, 6.45) is -3.53. The van der Waals surface area contributed by atoms with Crippen molar-refractivity contribution in [3.8, 4) is 5.75 Å². The number of phenols is 1. The Bertz CT molecular complexity index is 2610. The van der Waals surface area contributed by atoms with Crippen molar-refractivity contribution in [2.75, 3.05) is 31.6 Å². The number of hydrogen-bond donors (Lipinski definition) is 18. The first kappa shape index (κ1) is 69.0. The minimum Gasteiger partial charge on any atom is -0.508 e. The van der Waals surface area contributed by atoms with Crippen LogP contribution in [-0.4, -0.2) is 195 Å². The van der Waals surface area contributed by atoms with Crippen molar-refractivity contribution < 1.29 is 87.9 Å². The number of primary amides is 1. The molecule has 450 valence electrons. The molecule has 0 bridgehead atoms. The van der Waals surface area contributed by atoms with Crippen LogP contribution in [0.15, 0.2) is 59.6 Å². The number of rotatable bonds is 37. The van der Waals surface area contributed by atoms with E-state index in [0.717, 1.165) is 6.92 Å². The van der Waals surface area contributed by atoms with Crippen LogP contribution in [0.4, 0.5) is 0 Å². The summed E-state index contributed by atoms with van der Waals surface area (Å²) in [6.45, 7) is -0.895. The molecular weight excluding hydrogens is 1100 g/mol. The van der Waals surface area contributed by atoms with Gasteiger partial charge in [0.05, 0.1) is 44.5 Å². The Hall–Kier alpha value is -9.11. The molecule has 0 aromatic heterocycles. The number of nitrogens with one attached hydrogen (secondary N) is 9. The Morgan fingerprint density at radius 3 is 1.52 bits per heavy atom. The van der Waals surface area contributed by atoms with E-state index in [9.17, 15) is 87.9 Å². The lowest BCUT2D eigenvalue weighted by molar-refractivity contribution is -0.144. The second-order valence-electron chi connectivity index (χ2n) is 18.2. The van der Waals surface area contributed by atoms with Crippen molar-refractivity contribution in [2.24, 2.45) is 27.9 Å². The molecule has 2 rings (SSSR count). The zero-order valence-electron chi connectivity index (χ0n) is 44.6. The summed E-state index contributed by atoms with van der Waals surface area (Å²) >= 11 is 1.23. The number of carboxylic acid groups (broad SMARTS) is 3. The van der Waals surface area contributed by atoms with Crippen molar-refractivity contribution in [3.63, 3.8) is 0 Å². The van der Waals surface area contributed by atoms with Crippen LogP contribution in [0.5, 0.6) is 5.75 Å². The van der Waals surface area contributed by atoms with Crippen molar-refractivity contribution in [2.45, 2.75) is 113 Å². The van der Waals surface area contributed by atoms with E-state index in [4.69, 9.17) is 22.9 Å². The Balaban J connectivity index is 2.15. The quantitative estimate of drug-likeness (QED) is 0.0170. The van der Waals surface area contributed by atoms with Gasteiger partial charge in [-0.15, -0.1) is 0 Å². The Morgan fingerprint density at radius 1 is 0.549 bits per heavy atom. The number of nitrogens with zero attached hydrogens (tertiary/aromatic N) is 1. The average molecular weight is 1180 g/mol. The van der Waals surface area contributed by atoms with Gasteiger partial charge in [-0.05, 0) is 67.9 Å². The molecule has 0 heterocycles. The van der Waals surface area contributed by atoms with Gasteiger partial charge >= 0.3 is 17.9 Å². The number of guanidine groups is 1. The topological polar surface area (TPSA) is 548 Å². The fraction of sp³-hybridized carbons (Fsp3) is 0.469. The molecule has 0 saturated heterocycles. The second-order valence-corrected chi connectivity index (χ2v) is 19.2. The van der Waals surface area contributed by atoms with E-state index in [1.165, 1.54) is 36.0 Å². The highest BCUT2D eigenvalue weighted by molar-refractivity contribution is 7.98. The number of carbonyl (C=O) groups excluding carboxylic acids is 10. The van der Waals surface area contributed by atoms with Crippen molar-refractivity contribution in [1.29, 1.82) is 0 Å². The predicted octanol–water partition coefficient (Wildman–Crippen LogP) is -6.77. The zero-order valence-corrected chi connectivity index (χ0v) is 45.4. The number of amides is 10. The van der Waals surface area contributed by atoms with Gasteiger partial charge in [-0.3, -0.25) is 62.5 Å². The number of benzene rings is 2. The number of hydrogen-bond acceptors (Lipinski definition) is 18. The van der Waals surface area contributed by atoms with Gasteiger partial charge in [0.2, 0.25) is 59.1 Å². The van der Waals surface area contributed by atoms with Crippen LogP contribution in [0.3, 0.4) is 0 Å². The molecule has 0 aliphatic carbocycles. The standard InChI is InChI=1S/C49H70N14O18S/c1-24(64)40(63-44(76)29(9-6-15-54-49(52)53)59-45(77)32(20-38(69)70)60-41(73)28(50)17-25-7-4-3-5-8-25)47(79)56-23-37(68)58-31(19-35(51)66)42(74)55-22-36(67)57-30(14-16-82-2)43(75)61-33(21-39(71)72)46(78)62-34(48(80)81)18-26-10-12-27(65)13-11-26/h3-5,7-8,10-13,24,28-34,40,64-65H,6,9,14-23,50H2,1-2H3,(H2,51,66)(H,55,74)(H,56,79)(H,57,67)(H,58,68)(H,59,77)(H,60,73)(H,61,75)(H,62,78)(H,63,76)(H,69,70)(H,71,72)(H,80,81)(H4,52,53,54)/t24-,28+,29+,30+,31+,32+,33+,34+,40+/m1/s1. The van der Waals surface area contributed by atoms with E-state index < -0.39 is 164 Å². The number of carbonyl (C=O) groups is 13. The molecule has 9 atom stereocenters. The van der Waals surface area contributed by atoms with Gasteiger partial charge in [0.15, 0.2) is 5.96 Å². The van der Waals surface area contributed by atoms with Crippen LogP contribution >= 0.6 is 11.8 Å². The third kappa shape index (κ3) is 26.7. The molecule has 0 fully saturated rings. The van der Waals surface area contributed by atoms with Gasteiger partial charge in [0.25, 0.3) is 0 Å². The van der Waals surface area contributed by atoms with Crippen LogP contribution in [0, 0.1) is 0 Å². The summed E-state index contributed by atoms with van der Waals surface area (Å²) in [4.78, 5) is 171. The van der Waals surface area contributed by atoms with Crippen molar-refractivity contribution in [1.82, 2.24) is 47.9 Å². The molecule has 33 heteroatoms. The van der Waals surface area contributed by atoms with Gasteiger partial charge in [-0.25, -0.2) is 4.79 Å². The number of thioether (sulfide) groups is 1. The van der Waals surface area contributed by atoms with Crippen LogP contribution < -0.4 is 70.8 Å². The van der Waals surface area contributed by atoms with Crippen LogP contribution in [-0.2, 0) is 75.2 Å². The summed E-state index contributed by atoms with van der Waals surface area (Å²) in [5.41, 5.74) is 23.1. The molecule has 0 unspecified atom stereocenters. The number of aliphatic hydroxyl groups excluding tert-OH is 1. The SMILES string of the molecule is CSCC[C@H](NC(=O)CNC(=O)[C@H](CC(N)=O)NC(=O)CNC(=O)[C@@H](NC(=O)[C@H](CCCN=C(N)N)NC(=O)[C@H](CC(=O)O)NC(=O)[C@@H](N)Cc1ccccc1)[C@@H](C)O)C(=O)N[C@@H](CC(=O)O)C(=O)N[C@@H](Cc1ccc(O)cc1)C(=O)O. The fourth-order valence-electron chi connectivity index (χ4n) is 7.30. The number of aliphatic carboxylic acids is 3. The van der Waals surface area contributed by atoms with Gasteiger partial charge in [0, 0.05) is 13.0 Å². The lowest BCUT2D eigenvalue weighted by Crippen LogP contribution is -2.60. The zero-order chi connectivity index (χ0) is 61.6. The number of aliphatic hydroxyl groups is 1. The normalized spacial score (nSPS) is 14.0. The average Bonchev–Trinajstić information content (AvgIpc) is 3.42. The highest BCUT2D eigenvalue weighted by Gasteiger charge is 2.35. The summed E-state index contributed by atoms with van der Waals surface area (Å²) in [5.74, 6) is -15.9. The maximum atomic E-state index is 13.7. The fourth-order valence-corrected chi connectivity index (χ4v) is 7.77. The molecule has 2 aromatic rings. The van der Waals surface area contributed by atoms with Crippen LogP contribution in [0.25, 0.3) is 0 Å². The van der Waals surface area contributed by atoms with E-state index in [1.807, 2.05) is 0 Å². The van der Waals surface area contributed by atoms with E-state index in [1.54, 1.807) is 36.6 Å². The molecule has 22 N–H and O–H groups in total. The lowest BCUT2D eigenvalue weighted by atomic mass is 10.0. The highest BCUT2D eigenvalue weighted by atomic mass is 32.2. The Labute approximate surface area is 472 Å².